The highest BCUT2D eigenvalue weighted by molar-refractivity contribution is 6.30. The fraction of sp³-hybridized carbons (Fsp3) is 0.359. The second kappa shape index (κ2) is 13.3. The van der Waals surface area contributed by atoms with Gasteiger partial charge in [-0.1, -0.05) is 60.0 Å². The number of hydrazine groups is 1. The van der Waals surface area contributed by atoms with Gasteiger partial charge in [0.15, 0.2) is 0 Å². The smallest absolute Gasteiger partial charge is 0.303 e. The Hall–Kier alpha value is -5.03. The molecule has 2 aliphatic carbocycles. The van der Waals surface area contributed by atoms with Gasteiger partial charge in [0.05, 0.1) is 28.9 Å². The Labute approximate surface area is 298 Å². The first kappa shape index (κ1) is 34.4. The number of fused-ring (bicyclic) bond motifs is 4. The second-order valence-corrected chi connectivity index (χ2v) is 14.4. The number of unbranched alkanes of at least 4 members (excludes halogenated alkanes) is 2. The van der Waals surface area contributed by atoms with E-state index >= 15 is 4.79 Å². The molecule has 2 aliphatic heterocycles. The van der Waals surface area contributed by atoms with Crippen LogP contribution in [-0.4, -0.2) is 56.3 Å². The van der Waals surface area contributed by atoms with E-state index < -0.39 is 58.6 Å². The van der Waals surface area contributed by atoms with Gasteiger partial charge in [0.25, 0.3) is 11.8 Å². The third-order valence-electron chi connectivity index (χ3n) is 11.2. The second-order valence-electron chi connectivity index (χ2n) is 13.9. The van der Waals surface area contributed by atoms with Gasteiger partial charge in [-0.2, -0.15) is 5.01 Å². The molecule has 3 aromatic carbocycles. The van der Waals surface area contributed by atoms with Crippen molar-refractivity contribution in [2.24, 2.45) is 23.7 Å². The Bertz CT molecular complexity index is 1970. The number of hydrogen-bond acceptors (Lipinski definition) is 7. The number of hydrogen-bond donors (Lipinski definition) is 3. The number of carbonyl (C=O) groups excluding carboxylic acids is 4. The highest BCUT2D eigenvalue weighted by Gasteiger charge is 2.70. The molecular weight excluding hydrogens is 677 g/mol. The van der Waals surface area contributed by atoms with E-state index in [0.29, 0.717) is 52.2 Å². The molecule has 7 rings (SSSR count). The molecule has 2 saturated heterocycles. The molecule has 4 amide bonds. The van der Waals surface area contributed by atoms with Crippen LogP contribution in [0.2, 0.25) is 5.02 Å². The van der Waals surface area contributed by atoms with Crippen molar-refractivity contribution in [2.75, 3.05) is 12.0 Å². The number of anilines is 1. The number of aliphatic carboxylic acids is 1. The summed E-state index contributed by atoms with van der Waals surface area (Å²) in [5.74, 6) is -7.17. The number of imide groups is 2. The van der Waals surface area contributed by atoms with Crippen molar-refractivity contribution in [3.05, 3.63) is 106 Å². The third-order valence-corrected chi connectivity index (χ3v) is 11.5. The number of carboxylic acid groups (broad SMARTS) is 1. The Balaban J connectivity index is 1.35. The number of nitrogens with zero attached hydrogens (tertiary/aromatic N) is 2. The van der Waals surface area contributed by atoms with E-state index in [1.165, 1.54) is 29.2 Å². The molecule has 0 unspecified atom stereocenters. The van der Waals surface area contributed by atoms with Gasteiger partial charge in [-0.15, -0.1) is 0 Å². The normalized spacial score (nSPS) is 26.9. The Morgan fingerprint density at radius 3 is 2.37 bits per heavy atom. The number of para-hydroxylation sites is 1. The molecule has 2 heterocycles. The molecule has 3 fully saturated rings. The summed E-state index contributed by atoms with van der Waals surface area (Å²) in [6.45, 7) is 1.91. The number of allylic oxidation sites excluding steroid dienone is 2. The van der Waals surface area contributed by atoms with Crippen LogP contribution >= 0.6 is 11.6 Å². The van der Waals surface area contributed by atoms with Crippen LogP contribution in [0.15, 0.2) is 78.4 Å². The average molecular weight is 714 g/mol. The number of likely N-dealkylation sites (tertiary alicyclic amines) is 1. The highest BCUT2D eigenvalue weighted by atomic mass is 35.5. The van der Waals surface area contributed by atoms with Crippen molar-refractivity contribution in [2.45, 2.75) is 56.8 Å². The van der Waals surface area contributed by atoms with Gasteiger partial charge >= 0.3 is 5.97 Å². The zero-order valence-corrected chi connectivity index (χ0v) is 28.6. The number of aromatic hydroxyl groups is 1. The van der Waals surface area contributed by atoms with Crippen LogP contribution in [0.5, 0.6) is 5.75 Å². The first-order valence-electron chi connectivity index (χ1n) is 17.2. The predicted molar refractivity (Wildman–Crippen MR) is 185 cm³/mol. The Kier molecular flexibility index (Phi) is 8.95. The number of phenolic OH excluding ortho intramolecular Hbond substituents is 1. The van der Waals surface area contributed by atoms with Gasteiger partial charge < -0.3 is 10.2 Å². The molecular formula is C39H37ClFN3O7. The van der Waals surface area contributed by atoms with E-state index in [1.54, 1.807) is 49.4 Å². The van der Waals surface area contributed by atoms with Crippen LogP contribution in [0.3, 0.4) is 0 Å². The van der Waals surface area contributed by atoms with Gasteiger partial charge in [-0.25, -0.2) is 4.39 Å². The van der Waals surface area contributed by atoms with E-state index in [0.717, 1.165) is 5.01 Å². The summed E-state index contributed by atoms with van der Waals surface area (Å²) in [5.41, 5.74) is 3.82. The average Bonchev–Trinajstić information content (AvgIpc) is 3.47. The lowest BCUT2D eigenvalue weighted by Crippen LogP contribution is -2.53. The summed E-state index contributed by atoms with van der Waals surface area (Å²) >= 11 is 6.33. The summed E-state index contributed by atoms with van der Waals surface area (Å²) in [6.07, 6.45) is 3.68. The predicted octanol–water partition coefficient (Wildman–Crippen LogP) is 6.12. The maximum Gasteiger partial charge on any atom is 0.303 e. The van der Waals surface area contributed by atoms with Gasteiger partial charge in [-0.3, -0.25) is 34.3 Å². The number of amides is 4. The zero-order chi connectivity index (χ0) is 36.2. The molecule has 0 aromatic heterocycles. The molecule has 10 nitrogen and oxygen atoms in total. The van der Waals surface area contributed by atoms with Crippen molar-refractivity contribution >= 4 is 46.9 Å². The summed E-state index contributed by atoms with van der Waals surface area (Å²) in [5, 5.41) is 22.0. The van der Waals surface area contributed by atoms with E-state index in [9.17, 15) is 28.7 Å². The van der Waals surface area contributed by atoms with Gasteiger partial charge in [0.1, 0.15) is 11.6 Å². The molecule has 51 heavy (non-hydrogen) atoms. The van der Waals surface area contributed by atoms with E-state index in [1.807, 2.05) is 6.08 Å². The number of rotatable bonds is 10. The first-order chi connectivity index (χ1) is 24.4. The Morgan fingerprint density at radius 2 is 1.67 bits per heavy atom. The fourth-order valence-electron chi connectivity index (χ4n) is 8.92. The number of phenols is 1. The number of halogens is 2. The summed E-state index contributed by atoms with van der Waals surface area (Å²) in [6, 6.07) is 17.2. The van der Waals surface area contributed by atoms with Crippen molar-refractivity contribution in [1.29, 1.82) is 0 Å². The van der Waals surface area contributed by atoms with Crippen LogP contribution < -0.4 is 5.43 Å². The molecule has 1 saturated carbocycles. The molecule has 3 aromatic rings. The third kappa shape index (κ3) is 5.58. The molecule has 4 aliphatic rings. The van der Waals surface area contributed by atoms with Crippen LogP contribution in [0.25, 0.3) is 0 Å². The number of nitrogens with one attached hydrogen (secondary N) is 1. The van der Waals surface area contributed by atoms with Crippen LogP contribution in [0.1, 0.15) is 61.1 Å². The summed E-state index contributed by atoms with van der Waals surface area (Å²) in [4.78, 5) is 70.0. The maximum atomic E-state index is 15.2. The molecule has 0 radical (unpaired) electrons. The summed E-state index contributed by atoms with van der Waals surface area (Å²) in [7, 11) is 0. The minimum atomic E-state index is -1.59. The number of carboxylic acids is 1. The SMILES string of the molecule is Cc1cccc([C@H]2C3=CC[C@@H]4C(=O)N(CCCCCC(=O)O)C(=O)[C@@H]4[C@@H]3C[C@H]3C(=O)N(Nc4ccc(F)cc4)C(=O)[C@@]23c2ccc(Cl)cc2)c1O. The largest absolute Gasteiger partial charge is 0.507 e. The minimum Gasteiger partial charge on any atom is -0.507 e. The molecule has 6 atom stereocenters. The first-order valence-corrected chi connectivity index (χ1v) is 17.5. The molecule has 0 spiro atoms. The van der Waals surface area contributed by atoms with Crippen LogP contribution in [0, 0.1) is 36.4 Å². The maximum absolute atomic E-state index is 15.2. The lowest BCUT2D eigenvalue weighted by Gasteiger charge is -2.50. The van der Waals surface area contributed by atoms with Crippen LogP contribution in [0.4, 0.5) is 10.1 Å². The Morgan fingerprint density at radius 1 is 0.941 bits per heavy atom. The number of benzene rings is 3. The molecule has 264 valence electrons. The standard InChI is InChI=1S/C39H37ClFN3O7/c1-21-6-5-7-28(34(21)47)33-26-17-18-27-32(37(50)43(35(27)48)19-4-2-3-8-31(45)46)29(26)20-30-36(49)44(42-25-15-13-24(41)14-16-25)38(51)39(30,33)22-9-11-23(40)12-10-22/h5-7,9-17,27,29-30,32-33,42,47H,2-4,8,18-20H2,1H3,(H,45,46)/t27-,29+,30-,32-,33+,39+/m0/s1. The molecule has 3 N–H and O–H groups in total. The minimum absolute atomic E-state index is 0.00618. The lowest BCUT2D eigenvalue weighted by atomic mass is 9.49. The van der Waals surface area contributed by atoms with Crippen molar-refractivity contribution in [3.63, 3.8) is 0 Å². The van der Waals surface area contributed by atoms with Gasteiger partial charge in [-0.05, 0) is 86.1 Å². The zero-order valence-electron chi connectivity index (χ0n) is 27.9. The van der Waals surface area contributed by atoms with Gasteiger partial charge in [0.2, 0.25) is 11.8 Å². The number of aryl methyl sites for hydroxylation is 1. The lowest BCUT2D eigenvalue weighted by molar-refractivity contribution is -0.141. The molecule has 0 bridgehead atoms. The summed E-state index contributed by atoms with van der Waals surface area (Å²) < 4.78 is 13.8. The topological polar surface area (TPSA) is 144 Å². The van der Waals surface area contributed by atoms with Crippen LogP contribution in [-0.2, 0) is 29.4 Å². The fourth-order valence-corrected chi connectivity index (χ4v) is 9.05. The van der Waals surface area contributed by atoms with Gasteiger partial charge in [0, 0.05) is 29.5 Å². The van der Waals surface area contributed by atoms with Crippen molar-refractivity contribution in [3.8, 4) is 5.75 Å². The van der Waals surface area contributed by atoms with E-state index in [-0.39, 0.29) is 43.4 Å². The van der Waals surface area contributed by atoms with Crippen molar-refractivity contribution < 1.29 is 38.6 Å². The molecule has 12 heteroatoms. The quantitative estimate of drug-likeness (QED) is 0.130. The monoisotopic (exact) mass is 713 g/mol. The number of carbonyl (C=O) groups is 5. The van der Waals surface area contributed by atoms with Crippen molar-refractivity contribution in [1.82, 2.24) is 9.91 Å². The van der Waals surface area contributed by atoms with E-state index in [4.69, 9.17) is 16.7 Å². The van der Waals surface area contributed by atoms with E-state index in [2.05, 4.69) is 5.43 Å². The highest BCUT2D eigenvalue weighted by Crippen LogP contribution is 2.65.